The maximum atomic E-state index is 12.3. The maximum absolute atomic E-state index is 12.3. The van der Waals surface area contributed by atoms with E-state index in [4.69, 9.17) is 15.3 Å². The number of ether oxygens (including phenoxy) is 1. The molecular formula is C23H27N5O4S. The first kappa shape index (κ1) is 22.8. The van der Waals surface area contributed by atoms with Gasteiger partial charge in [-0.25, -0.2) is 4.79 Å². The molecule has 2 aromatic rings. The van der Waals surface area contributed by atoms with Crippen LogP contribution in [0.2, 0.25) is 0 Å². The molecule has 0 spiro atoms. The summed E-state index contributed by atoms with van der Waals surface area (Å²) in [6, 6.07) is 3.68. The Morgan fingerprint density at radius 1 is 1.42 bits per heavy atom. The second-order valence-corrected chi connectivity index (χ2v) is 9.27. The van der Waals surface area contributed by atoms with E-state index in [0.29, 0.717) is 30.4 Å². The maximum Gasteiger partial charge on any atom is 0.407 e. The Labute approximate surface area is 196 Å². The minimum atomic E-state index is -0.431. The van der Waals surface area contributed by atoms with Gasteiger partial charge in [0.1, 0.15) is 11.6 Å². The zero-order valence-electron chi connectivity index (χ0n) is 18.4. The Kier molecular flexibility index (Phi) is 7.23. The molecule has 9 nitrogen and oxygen atoms in total. The van der Waals surface area contributed by atoms with Gasteiger partial charge in [0.15, 0.2) is 0 Å². The third-order valence-corrected chi connectivity index (χ3v) is 6.96. The van der Waals surface area contributed by atoms with E-state index in [9.17, 15) is 9.59 Å². The van der Waals surface area contributed by atoms with Gasteiger partial charge < -0.3 is 25.9 Å². The highest BCUT2D eigenvalue weighted by atomic mass is 32.1. The van der Waals surface area contributed by atoms with Gasteiger partial charge in [0.2, 0.25) is 5.91 Å². The van der Waals surface area contributed by atoms with Crippen molar-refractivity contribution in [2.24, 2.45) is 17.0 Å². The minimum Gasteiger partial charge on any atom is -0.449 e. The quantitative estimate of drug-likeness (QED) is 0.534. The molecule has 0 saturated heterocycles. The summed E-state index contributed by atoms with van der Waals surface area (Å²) >= 11 is 1.49. The molecular weight excluding hydrogens is 442 g/mol. The van der Waals surface area contributed by atoms with Crippen molar-refractivity contribution in [3.63, 3.8) is 0 Å². The molecule has 2 amide bonds. The number of alkyl carbamates (subject to hydrolysis) is 1. The zero-order chi connectivity index (χ0) is 23.2. The summed E-state index contributed by atoms with van der Waals surface area (Å²) in [5.74, 6) is 0.0683. The van der Waals surface area contributed by atoms with Crippen molar-refractivity contribution in [2.45, 2.75) is 26.2 Å². The highest BCUT2D eigenvalue weighted by Gasteiger charge is 2.26. The van der Waals surface area contributed by atoms with Gasteiger partial charge in [0, 0.05) is 29.9 Å². The summed E-state index contributed by atoms with van der Waals surface area (Å²) < 4.78 is 5.43. The van der Waals surface area contributed by atoms with Crippen molar-refractivity contribution >= 4 is 45.8 Å². The van der Waals surface area contributed by atoms with E-state index in [1.165, 1.54) is 17.4 Å². The topological polar surface area (TPSA) is 128 Å². The smallest absolute Gasteiger partial charge is 0.407 e. The van der Waals surface area contributed by atoms with Gasteiger partial charge in [-0.15, -0.1) is 11.3 Å². The minimum absolute atomic E-state index is 0.0942. The molecule has 2 atom stereocenters. The van der Waals surface area contributed by atoms with E-state index in [2.05, 4.69) is 20.8 Å². The van der Waals surface area contributed by atoms with E-state index >= 15 is 0 Å². The number of oxime groups is 1. The molecule has 0 radical (unpaired) electrons. The Balaban J connectivity index is 1.26. The SMILES string of the molecule is CC1=NOCC1CNC(=O)OCC1CCc2c(sc(NC(=O)/C=C/c3cccnc3)c2N)C1. The molecule has 1 aliphatic carbocycles. The fourth-order valence-corrected chi connectivity index (χ4v) is 5.08. The van der Waals surface area contributed by atoms with E-state index in [0.717, 1.165) is 41.0 Å². The monoisotopic (exact) mass is 469 g/mol. The predicted octanol–water partition coefficient (Wildman–Crippen LogP) is 3.23. The summed E-state index contributed by atoms with van der Waals surface area (Å²) in [7, 11) is 0. The Morgan fingerprint density at radius 2 is 2.30 bits per heavy atom. The van der Waals surface area contributed by atoms with Crippen molar-refractivity contribution < 1.29 is 19.2 Å². The number of nitrogens with two attached hydrogens (primary N) is 1. The molecule has 10 heteroatoms. The van der Waals surface area contributed by atoms with Crippen molar-refractivity contribution in [2.75, 3.05) is 30.8 Å². The lowest BCUT2D eigenvalue weighted by Crippen LogP contribution is -2.34. The van der Waals surface area contributed by atoms with Crippen LogP contribution in [0.25, 0.3) is 6.08 Å². The van der Waals surface area contributed by atoms with Crippen molar-refractivity contribution in [3.05, 3.63) is 46.6 Å². The lowest BCUT2D eigenvalue weighted by Gasteiger charge is -2.22. The van der Waals surface area contributed by atoms with Crippen LogP contribution in [0, 0.1) is 11.8 Å². The number of hydrogen-bond acceptors (Lipinski definition) is 8. The molecule has 4 N–H and O–H groups in total. The number of anilines is 2. The third-order valence-electron chi connectivity index (χ3n) is 5.77. The van der Waals surface area contributed by atoms with E-state index in [1.54, 1.807) is 18.5 Å². The van der Waals surface area contributed by atoms with Crippen LogP contribution in [0.3, 0.4) is 0 Å². The molecule has 4 rings (SSSR count). The molecule has 0 aromatic carbocycles. The first-order valence-corrected chi connectivity index (χ1v) is 11.7. The highest BCUT2D eigenvalue weighted by Crippen LogP contribution is 2.41. The lowest BCUT2D eigenvalue weighted by molar-refractivity contribution is -0.111. The summed E-state index contributed by atoms with van der Waals surface area (Å²) in [6.45, 7) is 3.15. The fourth-order valence-electron chi connectivity index (χ4n) is 3.80. The standard InChI is InChI=1S/C23H27N5O4S/c1-14-17(13-32-28-14)11-26-23(30)31-12-16-4-6-18-19(9-16)33-22(21(18)24)27-20(29)7-5-15-3-2-8-25-10-15/h2-3,5,7-8,10,16-17H,4,6,9,11-13,24H2,1H3,(H,26,30)(H,27,29)/b7-5+. The van der Waals surface area contributed by atoms with Crippen LogP contribution in [0.4, 0.5) is 15.5 Å². The average Bonchev–Trinajstić information content (AvgIpc) is 3.37. The zero-order valence-corrected chi connectivity index (χ0v) is 19.2. The van der Waals surface area contributed by atoms with Crippen molar-refractivity contribution in [1.29, 1.82) is 0 Å². The molecule has 0 fully saturated rings. The number of aromatic nitrogens is 1. The highest BCUT2D eigenvalue weighted by molar-refractivity contribution is 7.17. The number of thiophene rings is 1. The molecule has 33 heavy (non-hydrogen) atoms. The number of nitrogens with one attached hydrogen (secondary N) is 2. The molecule has 1 aliphatic heterocycles. The molecule has 3 heterocycles. The number of fused-ring (bicyclic) bond motifs is 1. The van der Waals surface area contributed by atoms with E-state index < -0.39 is 6.09 Å². The van der Waals surface area contributed by atoms with Gasteiger partial charge in [0.05, 0.1) is 23.9 Å². The normalized spacial score (nSPS) is 19.5. The molecule has 2 aromatic heterocycles. The van der Waals surface area contributed by atoms with Gasteiger partial charge in [-0.05, 0) is 55.4 Å². The van der Waals surface area contributed by atoms with Crippen LogP contribution in [-0.4, -0.2) is 42.5 Å². The van der Waals surface area contributed by atoms with Crippen LogP contribution >= 0.6 is 11.3 Å². The lowest BCUT2D eigenvalue weighted by atomic mass is 9.89. The Hall–Kier alpha value is -3.40. The number of carbonyl (C=O) groups is 2. The first-order valence-electron chi connectivity index (χ1n) is 10.9. The van der Waals surface area contributed by atoms with Gasteiger partial charge in [-0.3, -0.25) is 9.78 Å². The molecule has 0 saturated carbocycles. The van der Waals surface area contributed by atoms with Crippen LogP contribution in [0.1, 0.15) is 29.3 Å². The second kappa shape index (κ2) is 10.5. The first-order chi connectivity index (χ1) is 16.0. The number of hydrogen-bond donors (Lipinski definition) is 3. The Bertz CT molecular complexity index is 1070. The fraction of sp³-hybridized carbons (Fsp3) is 0.391. The second-order valence-electron chi connectivity index (χ2n) is 8.17. The van der Waals surface area contributed by atoms with Crippen molar-refractivity contribution in [1.82, 2.24) is 10.3 Å². The molecule has 174 valence electrons. The van der Waals surface area contributed by atoms with Gasteiger partial charge in [0.25, 0.3) is 0 Å². The average molecular weight is 470 g/mol. The van der Waals surface area contributed by atoms with Crippen LogP contribution in [0.15, 0.2) is 35.8 Å². The van der Waals surface area contributed by atoms with Gasteiger partial charge in [-0.2, -0.15) is 0 Å². The molecule has 0 bridgehead atoms. The third kappa shape index (κ3) is 5.89. The number of rotatable bonds is 7. The number of carbonyl (C=O) groups excluding carboxylic acids is 2. The van der Waals surface area contributed by atoms with E-state index in [-0.39, 0.29) is 17.7 Å². The van der Waals surface area contributed by atoms with Crippen LogP contribution < -0.4 is 16.4 Å². The largest absolute Gasteiger partial charge is 0.449 e. The summed E-state index contributed by atoms with van der Waals surface area (Å²) in [6.07, 6.45) is 8.54. The van der Waals surface area contributed by atoms with Crippen LogP contribution in [0.5, 0.6) is 0 Å². The predicted molar refractivity (Wildman–Crippen MR) is 128 cm³/mol. The van der Waals surface area contributed by atoms with E-state index in [1.807, 2.05) is 19.1 Å². The number of nitrogens with zero attached hydrogens (tertiary/aromatic N) is 2. The van der Waals surface area contributed by atoms with Crippen LogP contribution in [-0.2, 0) is 27.2 Å². The number of nitrogen functional groups attached to an aromatic ring is 1. The molecule has 2 unspecified atom stereocenters. The van der Waals surface area contributed by atoms with Gasteiger partial charge in [-0.1, -0.05) is 11.2 Å². The summed E-state index contributed by atoms with van der Waals surface area (Å²) in [5.41, 5.74) is 9.74. The van der Waals surface area contributed by atoms with Gasteiger partial charge >= 0.3 is 6.09 Å². The number of amides is 2. The number of pyridine rings is 1. The van der Waals surface area contributed by atoms with Crippen molar-refractivity contribution in [3.8, 4) is 0 Å². The Morgan fingerprint density at radius 3 is 3.06 bits per heavy atom. The summed E-state index contributed by atoms with van der Waals surface area (Å²) in [5, 5.41) is 10.2. The summed E-state index contributed by atoms with van der Waals surface area (Å²) in [4.78, 5) is 34.5. The molecule has 2 aliphatic rings.